The molecular formula is C18H39N3O6. The van der Waals surface area contributed by atoms with Crippen molar-refractivity contribution in [1.29, 1.82) is 0 Å². The number of aliphatic hydroxyl groups is 3. The van der Waals surface area contributed by atoms with Crippen LogP contribution in [0.2, 0.25) is 0 Å². The van der Waals surface area contributed by atoms with Gasteiger partial charge in [0, 0.05) is 6.61 Å². The molecule has 2 amide bonds. The summed E-state index contributed by atoms with van der Waals surface area (Å²) in [5, 5.41) is 28.5. The summed E-state index contributed by atoms with van der Waals surface area (Å²) < 4.78 is 5.12. The lowest BCUT2D eigenvalue weighted by molar-refractivity contribution is -0.158. The Hall–Kier alpha value is -1.26. The van der Waals surface area contributed by atoms with Crippen LogP contribution in [0.3, 0.4) is 0 Å². The van der Waals surface area contributed by atoms with Crippen LogP contribution in [0, 0.1) is 0 Å². The van der Waals surface area contributed by atoms with E-state index in [2.05, 4.69) is 6.92 Å². The standard InChI is InChI=1S/C12H24N2O6.C6H15N/c1-2-3-4-5-6-20-10(12(14)19)8(16)7(15)9(17)11(13)18;1-2-3-4-5-6-7/h7-10,15-17H,2-6H2,1H3,(H2,13,18)(H2,14,19);2-7H2,1H3/t7-,8-,9-,10+;/m0./s1. The third kappa shape index (κ3) is 14.5. The fraction of sp³-hybridized carbons (Fsp3) is 0.889. The molecule has 9 N–H and O–H groups in total. The molecule has 0 aromatic carbocycles. The van der Waals surface area contributed by atoms with E-state index in [1.54, 1.807) is 0 Å². The molecule has 9 nitrogen and oxygen atoms in total. The van der Waals surface area contributed by atoms with Crippen molar-refractivity contribution in [3.8, 4) is 0 Å². The first-order valence-electron chi connectivity index (χ1n) is 9.68. The Kier molecular flexibility index (Phi) is 18.8. The molecule has 0 saturated carbocycles. The van der Waals surface area contributed by atoms with Crippen LogP contribution >= 0.6 is 0 Å². The topological polar surface area (TPSA) is 182 Å². The molecule has 162 valence electrons. The molecule has 0 aromatic heterocycles. The molecular weight excluding hydrogens is 354 g/mol. The predicted molar refractivity (Wildman–Crippen MR) is 103 cm³/mol. The van der Waals surface area contributed by atoms with E-state index in [9.17, 15) is 24.9 Å². The van der Waals surface area contributed by atoms with Gasteiger partial charge in [0.25, 0.3) is 0 Å². The highest BCUT2D eigenvalue weighted by Gasteiger charge is 2.37. The fourth-order valence-electron chi connectivity index (χ4n) is 2.19. The molecule has 0 bridgehead atoms. The van der Waals surface area contributed by atoms with Gasteiger partial charge in [0.1, 0.15) is 12.2 Å². The Bertz CT molecular complexity index is 380. The van der Waals surface area contributed by atoms with Gasteiger partial charge in [-0.05, 0) is 19.4 Å². The van der Waals surface area contributed by atoms with Crippen molar-refractivity contribution in [3.63, 3.8) is 0 Å². The summed E-state index contributed by atoms with van der Waals surface area (Å²) in [5.74, 6) is -2.22. The predicted octanol–water partition coefficient (Wildman–Crippen LogP) is -0.469. The van der Waals surface area contributed by atoms with E-state index in [0.717, 1.165) is 25.8 Å². The van der Waals surface area contributed by atoms with Gasteiger partial charge in [-0.15, -0.1) is 0 Å². The number of hydrogen-bond acceptors (Lipinski definition) is 7. The third-order valence-corrected chi connectivity index (χ3v) is 3.91. The van der Waals surface area contributed by atoms with Crippen LogP contribution < -0.4 is 17.2 Å². The van der Waals surface area contributed by atoms with Crippen LogP contribution in [0.4, 0.5) is 0 Å². The van der Waals surface area contributed by atoms with E-state index in [1.807, 2.05) is 6.92 Å². The Morgan fingerprint density at radius 3 is 1.74 bits per heavy atom. The fourth-order valence-corrected chi connectivity index (χ4v) is 2.19. The molecule has 0 aliphatic rings. The second-order valence-corrected chi connectivity index (χ2v) is 6.43. The molecule has 0 saturated heterocycles. The minimum atomic E-state index is -2.00. The van der Waals surface area contributed by atoms with Gasteiger partial charge in [0.2, 0.25) is 11.8 Å². The van der Waals surface area contributed by atoms with Gasteiger partial charge in [-0.1, -0.05) is 52.4 Å². The van der Waals surface area contributed by atoms with Crippen LogP contribution in [0.1, 0.15) is 65.2 Å². The van der Waals surface area contributed by atoms with E-state index >= 15 is 0 Å². The largest absolute Gasteiger partial charge is 0.387 e. The minimum Gasteiger partial charge on any atom is -0.387 e. The molecule has 0 heterocycles. The van der Waals surface area contributed by atoms with Gasteiger partial charge in [-0.3, -0.25) is 9.59 Å². The highest BCUT2D eigenvalue weighted by Crippen LogP contribution is 2.10. The lowest BCUT2D eigenvalue weighted by Gasteiger charge is -2.26. The second kappa shape index (κ2) is 18.1. The van der Waals surface area contributed by atoms with Gasteiger partial charge in [-0.25, -0.2) is 0 Å². The summed E-state index contributed by atoms with van der Waals surface area (Å²) in [6.45, 7) is 5.28. The van der Waals surface area contributed by atoms with Crippen LogP contribution in [0.15, 0.2) is 0 Å². The normalized spacial score (nSPS) is 15.2. The average Bonchev–Trinajstić information content (AvgIpc) is 2.63. The van der Waals surface area contributed by atoms with Gasteiger partial charge < -0.3 is 37.3 Å². The van der Waals surface area contributed by atoms with Crippen molar-refractivity contribution in [3.05, 3.63) is 0 Å². The number of rotatable bonds is 15. The van der Waals surface area contributed by atoms with Crippen molar-refractivity contribution in [2.75, 3.05) is 13.2 Å². The van der Waals surface area contributed by atoms with E-state index in [4.69, 9.17) is 21.9 Å². The second-order valence-electron chi connectivity index (χ2n) is 6.43. The first-order chi connectivity index (χ1) is 12.7. The molecule has 0 radical (unpaired) electrons. The number of primary amides is 2. The molecule has 9 heteroatoms. The Labute approximate surface area is 162 Å². The van der Waals surface area contributed by atoms with E-state index in [0.29, 0.717) is 6.42 Å². The summed E-state index contributed by atoms with van der Waals surface area (Å²) in [4.78, 5) is 21.9. The summed E-state index contributed by atoms with van der Waals surface area (Å²) in [6, 6.07) is 0. The smallest absolute Gasteiger partial charge is 0.249 e. The number of carbonyl (C=O) groups excluding carboxylic acids is 2. The number of unbranched alkanes of at least 4 members (excludes halogenated alkanes) is 6. The van der Waals surface area contributed by atoms with Gasteiger partial charge >= 0.3 is 0 Å². The monoisotopic (exact) mass is 393 g/mol. The summed E-state index contributed by atoms with van der Waals surface area (Å²) in [7, 11) is 0. The SMILES string of the molecule is CCCCCCN.CCCCCCO[C@@H](C(N)=O)[C@@H](O)[C@H](O)[C@H](O)C(N)=O. The molecule has 4 atom stereocenters. The summed E-state index contributed by atoms with van der Waals surface area (Å²) >= 11 is 0. The number of ether oxygens (including phenoxy) is 1. The molecule has 0 fully saturated rings. The van der Waals surface area contributed by atoms with Crippen molar-refractivity contribution in [2.24, 2.45) is 17.2 Å². The van der Waals surface area contributed by atoms with Crippen molar-refractivity contribution >= 4 is 11.8 Å². The summed E-state index contributed by atoms with van der Waals surface area (Å²) in [5.41, 5.74) is 15.1. The van der Waals surface area contributed by atoms with E-state index in [1.165, 1.54) is 25.7 Å². The van der Waals surface area contributed by atoms with E-state index in [-0.39, 0.29) is 6.61 Å². The maximum Gasteiger partial charge on any atom is 0.249 e. The Morgan fingerprint density at radius 1 is 0.815 bits per heavy atom. The number of hydrogen-bond donors (Lipinski definition) is 6. The van der Waals surface area contributed by atoms with Crippen molar-refractivity contribution < 1.29 is 29.6 Å². The maximum absolute atomic E-state index is 11.2. The maximum atomic E-state index is 11.2. The molecule has 27 heavy (non-hydrogen) atoms. The molecule has 0 aliphatic carbocycles. The van der Waals surface area contributed by atoms with Crippen LogP contribution in [0.25, 0.3) is 0 Å². The molecule has 0 spiro atoms. The highest BCUT2D eigenvalue weighted by atomic mass is 16.5. The molecule has 0 aromatic rings. The van der Waals surface area contributed by atoms with Gasteiger partial charge in [0.15, 0.2) is 12.2 Å². The Morgan fingerprint density at radius 2 is 1.33 bits per heavy atom. The zero-order valence-electron chi connectivity index (χ0n) is 16.7. The van der Waals surface area contributed by atoms with Crippen molar-refractivity contribution in [2.45, 2.75) is 89.6 Å². The summed E-state index contributed by atoms with van der Waals surface area (Å²) in [6.07, 6.45) is 1.47. The van der Waals surface area contributed by atoms with Crippen LogP contribution in [-0.2, 0) is 14.3 Å². The number of amides is 2. The molecule has 0 aliphatic heterocycles. The van der Waals surface area contributed by atoms with Gasteiger partial charge in [0.05, 0.1) is 0 Å². The van der Waals surface area contributed by atoms with Gasteiger partial charge in [-0.2, -0.15) is 0 Å². The quantitative estimate of drug-likeness (QED) is 0.203. The number of carbonyl (C=O) groups is 2. The van der Waals surface area contributed by atoms with Crippen LogP contribution in [0.5, 0.6) is 0 Å². The first-order valence-corrected chi connectivity index (χ1v) is 9.68. The lowest BCUT2D eigenvalue weighted by Crippen LogP contribution is -2.53. The third-order valence-electron chi connectivity index (χ3n) is 3.91. The lowest BCUT2D eigenvalue weighted by atomic mass is 10.0. The first kappa shape index (κ1) is 28.0. The zero-order chi connectivity index (χ0) is 21.2. The van der Waals surface area contributed by atoms with Crippen LogP contribution in [-0.4, -0.2) is 64.7 Å². The van der Waals surface area contributed by atoms with E-state index < -0.39 is 36.2 Å². The number of nitrogens with two attached hydrogens (primary N) is 3. The zero-order valence-corrected chi connectivity index (χ0v) is 16.7. The molecule has 0 unspecified atom stereocenters. The highest BCUT2D eigenvalue weighted by molar-refractivity contribution is 5.81. The minimum absolute atomic E-state index is 0.171. The number of aliphatic hydroxyl groups excluding tert-OH is 3. The van der Waals surface area contributed by atoms with Crippen molar-refractivity contribution in [1.82, 2.24) is 0 Å². The Balaban J connectivity index is 0. The molecule has 0 rings (SSSR count). The average molecular weight is 394 g/mol.